The minimum Gasteiger partial charge on any atom is -0.307 e. The number of anilines is 1. The molecule has 0 bridgehead atoms. The van der Waals surface area contributed by atoms with E-state index in [4.69, 9.17) is 4.98 Å². The van der Waals surface area contributed by atoms with E-state index in [9.17, 15) is 9.59 Å². The maximum absolute atomic E-state index is 13.0. The van der Waals surface area contributed by atoms with Crippen molar-refractivity contribution in [2.45, 2.75) is 45.7 Å². The van der Waals surface area contributed by atoms with Crippen molar-refractivity contribution in [1.29, 1.82) is 0 Å². The van der Waals surface area contributed by atoms with E-state index in [1.165, 1.54) is 5.56 Å². The summed E-state index contributed by atoms with van der Waals surface area (Å²) in [6.45, 7) is 3.32. The zero-order valence-corrected chi connectivity index (χ0v) is 18.0. The third-order valence-corrected chi connectivity index (χ3v) is 5.95. The number of fused-ring (bicyclic) bond motifs is 2. The number of carbonyl (C=O) groups is 1. The third-order valence-electron chi connectivity index (χ3n) is 5.95. The molecule has 1 amide bonds. The van der Waals surface area contributed by atoms with Crippen LogP contribution in [-0.2, 0) is 19.5 Å². The fourth-order valence-corrected chi connectivity index (χ4v) is 4.30. The van der Waals surface area contributed by atoms with Crippen LogP contribution in [0.3, 0.4) is 0 Å². The molecular weight excluding hydrogens is 402 g/mol. The fourth-order valence-electron chi connectivity index (χ4n) is 4.30. The largest absolute Gasteiger partial charge is 0.307 e. The predicted molar refractivity (Wildman–Crippen MR) is 124 cm³/mol. The second kappa shape index (κ2) is 8.42. The topological polar surface area (TPSA) is 81.8 Å². The summed E-state index contributed by atoms with van der Waals surface area (Å²) in [4.78, 5) is 30.6. The molecule has 7 heteroatoms. The van der Waals surface area contributed by atoms with Crippen molar-refractivity contribution in [1.82, 2.24) is 19.3 Å². The molecule has 5 rings (SSSR count). The van der Waals surface area contributed by atoms with Gasteiger partial charge in [0.25, 0.3) is 11.5 Å². The van der Waals surface area contributed by atoms with E-state index in [0.717, 1.165) is 37.1 Å². The molecule has 0 saturated carbocycles. The van der Waals surface area contributed by atoms with Gasteiger partial charge in [-0.05, 0) is 43.5 Å². The van der Waals surface area contributed by atoms with E-state index >= 15 is 0 Å². The first-order valence-corrected chi connectivity index (χ1v) is 11.0. The van der Waals surface area contributed by atoms with Gasteiger partial charge >= 0.3 is 0 Å². The summed E-state index contributed by atoms with van der Waals surface area (Å²) in [6.07, 6.45) is 5.59. The van der Waals surface area contributed by atoms with E-state index < -0.39 is 0 Å². The molecule has 2 aromatic heterocycles. The fraction of sp³-hybridized carbons (Fsp3) is 0.280. The number of nitrogens with zero attached hydrogens (tertiary/aromatic N) is 4. The van der Waals surface area contributed by atoms with E-state index in [1.807, 2.05) is 25.1 Å². The van der Waals surface area contributed by atoms with E-state index in [-0.39, 0.29) is 11.5 Å². The zero-order valence-electron chi connectivity index (χ0n) is 18.0. The van der Waals surface area contributed by atoms with Gasteiger partial charge in [-0.25, -0.2) is 9.67 Å². The van der Waals surface area contributed by atoms with Gasteiger partial charge in [-0.1, -0.05) is 36.2 Å². The molecule has 0 radical (unpaired) electrons. The summed E-state index contributed by atoms with van der Waals surface area (Å²) >= 11 is 0. The maximum atomic E-state index is 13.0. The number of amides is 1. The first-order chi connectivity index (χ1) is 15.6. The van der Waals surface area contributed by atoms with Crippen molar-refractivity contribution >= 4 is 22.6 Å². The highest BCUT2D eigenvalue weighted by atomic mass is 16.2. The molecule has 2 aromatic carbocycles. The van der Waals surface area contributed by atoms with Crippen LogP contribution in [0.4, 0.5) is 5.82 Å². The molecule has 0 aliphatic carbocycles. The second-order valence-electron chi connectivity index (χ2n) is 8.34. The number of hydrogen-bond acceptors (Lipinski definition) is 4. The first-order valence-electron chi connectivity index (χ1n) is 11.0. The van der Waals surface area contributed by atoms with Crippen molar-refractivity contribution in [2.75, 3.05) is 5.32 Å². The highest BCUT2D eigenvalue weighted by Gasteiger charge is 2.16. The molecule has 0 fully saturated rings. The molecule has 1 N–H and O–H groups in total. The molecule has 4 aromatic rings. The Morgan fingerprint density at radius 1 is 1.09 bits per heavy atom. The van der Waals surface area contributed by atoms with Crippen LogP contribution in [0.25, 0.3) is 10.9 Å². The monoisotopic (exact) mass is 427 g/mol. The Bertz CT molecular complexity index is 1370. The molecule has 3 heterocycles. The molecule has 7 nitrogen and oxygen atoms in total. The van der Waals surface area contributed by atoms with Crippen molar-refractivity contribution in [2.24, 2.45) is 0 Å². The van der Waals surface area contributed by atoms with Gasteiger partial charge in [-0.15, -0.1) is 0 Å². The van der Waals surface area contributed by atoms with Gasteiger partial charge in [0.1, 0.15) is 11.6 Å². The van der Waals surface area contributed by atoms with Crippen LogP contribution < -0.4 is 10.9 Å². The van der Waals surface area contributed by atoms with E-state index in [1.54, 1.807) is 39.7 Å². The Balaban J connectivity index is 1.41. The normalized spacial score (nSPS) is 13.5. The van der Waals surface area contributed by atoms with E-state index in [0.29, 0.717) is 35.4 Å². The van der Waals surface area contributed by atoms with Gasteiger partial charge in [0.15, 0.2) is 0 Å². The lowest BCUT2D eigenvalue weighted by Crippen LogP contribution is -2.24. The van der Waals surface area contributed by atoms with Crippen LogP contribution in [0.1, 0.15) is 46.6 Å². The summed E-state index contributed by atoms with van der Waals surface area (Å²) in [5, 5.41) is 7.85. The number of hydrogen-bond donors (Lipinski definition) is 1. The van der Waals surface area contributed by atoms with Crippen LogP contribution in [0, 0.1) is 6.92 Å². The van der Waals surface area contributed by atoms with Crippen LogP contribution in [0.15, 0.2) is 59.5 Å². The number of rotatable bonds is 4. The average molecular weight is 428 g/mol. The summed E-state index contributed by atoms with van der Waals surface area (Å²) in [7, 11) is 0. The number of nitrogens with one attached hydrogen (secondary N) is 1. The molecule has 162 valence electrons. The molecular formula is C25H25N5O2. The molecule has 0 saturated heterocycles. The Labute approximate surface area is 185 Å². The number of aromatic nitrogens is 4. The van der Waals surface area contributed by atoms with Crippen molar-refractivity contribution < 1.29 is 4.79 Å². The Kier molecular flexibility index (Phi) is 5.31. The molecule has 32 heavy (non-hydrogen) atoms. The van der Waals surface area contributed by atoms with Gasteiger partial charge in [-0.3, -0.25) is 14.2 Å². The van der Waals surface area contributed by atoms with Crippen LogP contribution in [0.2, 0.25) is 0 Å². The SMILES string of the molecule is Cc1cccc(Cn2nccc2NC(=O)c2ccc3c(=O)n4c(nc3c2)CCCCC4)c1. The van der Waals surface area contributed by atoms with Gasteiger partial charge in [0.2, 0.25) is 0 Å². The van der Waals surface area contributed by atoms with Crippen LogP contribution in [-0.4, -0.2) is 25.2 Å². The Morgan fingerprint density at radius 3 is 2.88 bits per heavy atom. The lowest BCUT2D eigenvalue weighted by Gasteiger charge is -2.12. The van der Waals surface area contributed by atoms with Crippen LogP contribution in [0.5, 0.6) is 0 Å². The molecule has 1 aliphatic rings. The second-order valence-corrected chi connectivity index (χ2v) is 8.34. The highest BCUT2D eigenvalue weighted by Crippen LogP contribution is 2.18. The molecule has 0 spiro atoms. The van der Waals surface area contributed by atoms with Crippen molar-refractivity contribution in [3.8, 4) is 0 Å². The Morgan fingerprint density at radius 2 is 2.00 bits per heavy atom. The van der Waals surface area contributed by atoms with Gasteiger partial charge in [-0.2, -0.15) is 5.10 Å². The minimum atomic E-state index is -0.255. The molecule has 0 unspecified atom stereocenters. The predicted octanol–water partition coefficient (Wildman–Crippen LogP) is 3.93. The summed E-state index contributed by atoms with van der Waals surface area (Å²) in [5.41, 5.74) is 3.31. The highest BCUT2D eigenvalue weighted by molar-refractivity contribution is 6.05. The van der Waals surface area contributed by atoms with Gasteiger partial charge in [0.05, 0.1) is 23.6 Å². The van der Waals surface area contributed by atoms with Gasteiger partial charge < -0.3 is 5.32 Å². The zero-order chi connectivity index (χ0) is 22.1. The van der Waals surface area contributed by atoms with E-state index in [2.05, 4.69) is 16.5 Å². The number of aryl methyl sites for hydroxylation is 2. The quantitative estimate of drug-likeness (QED) is 0.535. The standard InChI is InChI=1S/C25H25N5O2/c1-17-6-5-7-18(14-17)16-30-23(11-12-26-30)28-24(31)19-9-10-20-21(15-19)27-22-8-3-2-4-13-29(22)25(20)32/h5-7,9-12,14-15H,2-4,8,13,16H2,1H3,(H,28,31). The molecule has 1 aliphatic heterocycles. The lowest BCUT2D eigenvalue weighted by atomic mass is 10.1. The first kappa shape index (κ1) is 20.2. The smallest absolute Gasteiger partial charge is 0.261 e. The maximum Gasteiger partial charge on any atom is 0.261 e. The number of benzene rings is 2. The Hall–Kier alpha value is -3.74. The van der Waals surface area contributed by atoms with Gasteiger partial charge in [0, 0.05) is 24.6 Å². The summed E-state index contributed by atoms with van der Waals surface area (Å²) < 4.78 is 3.55. The summed E-state index contributed by atoms with van der Waals surface area (Å²) in [6, 6.07) is 15.1. The lowest BCUT2D eigenvalue weighted by molar-refractivity contribution is 0.102. The average Bonchev–Trinajstić information content (AvgIpc) is 3.06. The van der Waals surface area contributed by atoms with Crippen molar-refractivity contribution in [3.63, 3.8) is 0 Å². The van der Waals surface area contributed by atoms with Crippen LogP contribution >= 0.6 is 0 Å². The number of carbonyl (C=O) groups excluding carboxylic acids is 1. The minimum absolute atomic E-state index is 0.0184. The summed E-state index contributed by atoms with van der Waals surface area (Å²) in [5.74, 6) is 1.18. The van der Waals surface area contributed by atoms with Crippen molar-refractivity contribution in [3.05, 3.63) is 87.6 Å². The third kappa shape index (κ3) is 3.93. The molecule has 0 atom stereocenters.